The molecule has 8 nitrogen and oxygen atoms in total. The molecule has 0 spiro atoms. The smallest absolute Gasteiger partial charge is 0.327 e. The van der Waals surface area contributed by atoms with Gasteiger partial charge in [0.1, 0.15) is 0 Å². The molecule has 0 aliphatic rings. The highest BCUT2D eigenvalue weighted by Crippen LogP contribution is 2.48. The SMILES string of the molecule is CCCC(=O)NCc1ccc([N+](=O)[O-])c(C(C)OP(C)(=O)OC)c1. The van der Waals surface area contributed by atoms with Gasteiger partial charge in [0.15, 0.2) is 0 Å². The summed E-state index contributed by atoms with van der Waals surface area (Å²) >= 11 is 0. The summed E-state index contributed by atoms with van der Waals surface area (Å²) in [6.45, 7) is 5.02. The predicted molar refractivity (Wildman–Crippen MR) is 89.9 cm³/mol. The number of nitro benzene ring substituents is 1. The van der Waals surface area contributed by atoms with E-state index in [9.17, 15) is 19.5 Å². The zero-order chi connectivity index (χ0) is 18.3. The lowest BCUT2D eigenvalue weighted by Gasteiger charge is -2.18. The van der Waals surface area contributed by atoms with Gasteiger partial charge in [0.25, 0.3) is 5.69 Å². The van der Waals surface area contributed by atoms with Crippen LogP contribution in [0.1, 0.15) is 43.9 Å². The summed E-state index contributed by atoms with van der Waals surface area (Å²) in [5.74, 6) is -0.0841. The van der Waals surface area contributed by atoms with Crippen molar-refractivity contribution in [1.82, 2.24) is 5.32 Å². The van der Waals surface area contributed by atoms with Crippen molar-refractivity contribution < 1.29 is 23.3 Å². The van der Waals surface area contributed by atoms with Crippen LogP contribution in [0.5, 0.6) is 0 Å². The first-order valence-corrected chi connectivity index (χ1v) is 9.54. The summed E-state index contributed by atoms with van der Waals surface area (Å²) in [7, 11) is -2.04. The molecule has 0 saturated heterocycles. The van der Waals surface area contributed by atoms with E-state index in [0.717, 1.165) is 6.42 Å². The number of carbonyl (C=O) groups excluding carboxylic acids is 1. The van der Waals surface area contributed by atoms with Crippen LogP contribution in [0.3, 0.4) is 0 Å². The topological polar surface area (TPSA) is 108 Å². The Balaban J connectivity index is 3.02. The van der Waals surface area contributed by atoms with Crippen molar-refractivity contribution in [2.45, 2.75) is 39.3 Å². The Morgan fingerprint density at radius 2 is 2.12 bits per heavy atom. The van der Waals surface area contributed by atoms with E-state index in [1.54, 1.807) is 19.1 Å². The van der Waals surface area contributed by atoms with Gasteiger partial charge in [-0.2, -0.15) is 0 Å². The molecule has 1 aromatic carbocycles. The number of nitro groups is 1. The maximum Gasteiger partial charge on any atom is 0.327 e. The second-order valence-electron chi connectivity index (χ2n) is 5.38. The molecule has 1 aromatic rings. The highest BCUT2D eigenvalue weighted by molar-refractivity contribution is 7.52. The molecule has 0 aromatic heterocycles. The Morgan fingerprint density at radius 3 is 2.67 bits per heavy atom. The monoisotopic (exact) mass is 358 g/mol. The normalized spacial score (nSPS) is 14.7. The van der Waals surface area contributed by atoms with Crippen LogP contribution < -0.4 is 5.32 Å². The summed E-state index contributed by atoms with van der Waals surface area (Å²) < 4.78 is 22.0. The molecule has 1 amide bonds. The number of carbonyl (C=O) groups is 1. The van der Waals surface area contributed by atoms with Gasteiger partial charge in [-0.1, -0.05) is 13.0 Å². The second kappa shape index (κ2) is 8.92. The quantitative estimate of drug-likeness (QED) is 0.411. The number of nitrogens with zero attached hydrogens (tertiary/aromatic N) is 1. The molecular formula is C15H23N2O6P. The van der Waals surface area contributed by atoms with Crippen molar-refractivity contribution in [2.24, 2.45) is 0 Å². The van der Waals surface area contributed by atoms with Gasteiger partial charge >= 0.3 is 7.60 Å². The summed E-state index contributed by atoms with van der Waals surface area (Å²) in [6.07, 6.45) is 0.365. The Bertz CT molecular complexity index is 649. The fourth-order valence-electron chi connectivity index (χ4n) is 2.11. The van der Waals surface area contributed by atoms with Crippen molar-refractivity contribution in [3.63, 3.8) is 0 Å². The summed E-state index contributed by atoms with van der Waals surface area (Å²) in [6, 6.07) is 4.50. The van der Waals surface area contributed by atoms with E-state index in [2.05, 4.69) is 5.32 Å². The number of benzene rings is 1. The first kappa shape index (κ1) is 20.3. The van der Waals surface area contributed by atoms with Crippen molar-refractivity contribution >= 4 is 19.2 Å². The zero-order valence-corrected chi connectivity index (χ0v) is 15.2. The molecule has 24 heavy (non-hydrogen) atoms. The maximum atomic E-state index is 11.9. The van der Waals surface area contributed by atoms with Crippen LogP contribution in [0, 0.1) is 10.1 Å². The molecule has 0 aliphatic carbocycles. The molecule has 0 fully saturated rings. The largest absolute Gasteiger partial charge is 0.352 e. The Morgan fingerprint density at radius 1 is 1.46 bits per heavy atom. The molecule has 2 atom stereocenters. The van der Waals surface area contributed by atoms with Gasteiger partial charge in [-0.05, 0) is 25.0 Å². The fraction of sp³-hybridized carbons (Fsp3) is 0.533. The average Bonchev–Trinajstić information content (AvgIpc) is 2.52. The predicted octanol–water partition coefficient (Wildman–Crippen LogP) is 3.56. The number of hydrogen-bond acceptors (Lipinski definition) is 6. The molecule has 9 heteroatoms. The molecule has 134 valence electrons. The third-order valence-electron chi connectivity index (χ3n) is 3.37. The summed E-state index contributed by atoms with van der Waals surface area (Å²) in [5, 5.41) is 13.9. The van der Waals surface area contributed by atoms with E-state index in [1.165, 1.54) is 19.8 Å². The lowest BCUT2D eigenvalue weighted by molar-refractivity contribution is -0.386. The van der Waals surface area contributed by atoms with Crippen molar-refractivity contribution in [2.75, 3.05) is 13.8 Å². The zero-order valence-electron chi connectivity index (χ0n) is 14.3. The minimum Gasteiger partial charge on any atom is -0.352 e. The van der Waals surface area contributed by atoms with Crippen molar-refractivity contribution in [1.29, 1.82) is 0 Å². The Labute approximate surface area is 141 Å². The molecule has 0 heterocycles. The molecule has 0 radical (unpaired) electrons. The van der Waals surface area contributed by atoms with Gasteiger partial charge in [-0.25, -0.2) is 0 Å². The van der Waals surface area contributed by atoms with E-state index in [0.29, 0.717) is 12.0 Å². The van der Waals surface area contributed by atoms with Crippen LogP contribution >= 0.6 is 7.60 Å². The van der Waals surface area contributed by atoms with Gasteiger partial charge in [-0.15, -0.1) is 0 Å². The van der Waals surface area contributed by atoms with E-state index < -0.39 is 18.6 Å². The summed E-state index contributed by atoms with van der Waals surface area (Å²) in [4.78, 5) is 22.2. The number of nitrogens with one attached hydrogen (secondary N) is 1. The summed E-state index contributed by atoms with van der Waals surface area (Å²) in [5.41, 5.74) is 0.836. The van der Waals surface area contributed by atoms with Crippen molar-refractivity contribution in [3.8, 4) is 0 Å². The fourth-order valence-corrected chi connectivity index (χ4v) is 2.88. The molecule has 0 saturated carbocycles. The highest BCUT2D eigenvalue weighted by atomic mass is 31.2. The molecule has 0 aliphatic heterocycles. The van der Waals surface area contributed by atoms with E-state index in [-0.39, 0.29) is 23.7 Å². The molecule has 1 N–H and O–H groups in total. The van der Waals surface area contributed by atoms with Gasteiger partial charge < -0.3 is 14.4 Å². The number of hydrogen-bond donors (Lipinski definition) is 1. The lowest BCUT2D eigenvalue weighted by atomic mass is 10.0. The van der Waals surface area contributed by atoms with Crippen molar-refractivity contribution in [3.05, 3.63) is 39.4 Å². The standard InChI is InChI=1S/C15H23N2O6P/c1-5-6-15(18)16-10-12-7-8-14(17(19)20)13(9-12)11(2)23-24(4,21)22-3/h7-9,11H,5-6,10H2,1-4H3,(H,16,18). The van der Waals surface area contributed by atoms with Crippen LogP contribution in [0.25, 0.3) is 0 Å². The van der Waals surface area contributed by atoms with Gasteiger partial charge in [0.05, 0.1) is 16.6 Å². The Kier molecular flexibility index (Phi) is 7.54. The van der Waals surface area contributed by atoms with Gasteiger partial charge in [0.2, 0.25) is 5.91 Å². The van der Waals surface area contributed by atoms with Crippen LogP contribution in [-0.4, -0.2) is 24.6 Å². The average molecular weight is 358 g/mol. The van der Waals surface area contributed by atoms with Crippen LogP contribution in [0.4, 0.5) is 5.69 Å². The molecular weight excluding hydrogens is 335 g/mol. The minimum atomic E-state index is -3.29. The van der Waals surface area contributed by atoms with Gasteiger partial charge in [-0.3, -0.25) is 19.5 Å². The maximum absolute atomic E-state index is 11.9. The second-order valence-corrected chi connectivity index (χ2v) is 7.50. The Hall–Kier alpha value is -1.76. The minimum absolute atomic E-state index is 0.0841. The molecule has 0 bridgehead atoms. The number of rotatable bonds is 9. The van der Waals surface area contributed by atoms with E-state index in [4.69, 9.17) is 9.05 Å². The van der Waals surface area contributed by atoms with E-state index in [1.807, 2.05) is 6.92 Å². The first-order valence-electron chi connectivity index (χ1n) is 7.55. The van der Waals surface area contributed by atoms with Crippen LogP contribution in [0.15, 0.2) is 18.2 Å². The first-order chi connectivity index (χ1) is 11.2. The highest BCUT2D eigenvalue weighted by Gasteiger charge is 2.26. The van der Waals surface area contributed by atoms with Crippen LogP contribution in [-0.2, 0) is 25.0 Å². The third-order valence-corrected chi connectivity index (χ3v) is 4.74. The molecule has 1 rings (SSSR count). The van der Waals surface area contributed by atoms with E-state index >= 15 is 0 Å². The third kappa shape index (κ3) is 6.03. The molecule has 2 unspecified atom stereocenters. The number of amides is 1. The van der Waals surface area contributed by atoms with Crippen LogP contribution in [0.2, 0.25) is 0 Å². The lowest BCUT2D eigenvalue weighted by Crippen LogP contribution is -2.22. The van der Waals surface area contributed by atoms with Gasteiger partial charge in [0, 0.05) is 32.8 Å².